The van der Waals surface area contributed by atoms with Crippen LogP contribution in [0.3, 0.4) is 0 Å². The van der Waals surface area contributed by atoms with Crippen LogP contribution in [0.2, 0.25) is 0 Å². The number of hydrogen-bond acceptors (Lipinski definition) is 3. The summed E-state index contributed by atoms with van der Waals surface area (Å²) in [7, 11) is -3.55. The van der Waals surface area contributed by atoms with Gasteiger partial charge >= 0.3 is 0 Å². The van der Waals surface area contributed by atoms with Crippen molar-refractivity contribution in [3.63, 3.8) is 0 Å². The Balaban J connectivity index is 1.67. The van der Waals surface area contributed by atoms with Crippen LogP contribution < -0.4 is 5.32 Å². The lowest BCUT2D eigenvalue weighted by Gasteiger charge is -2.28. The summed E-state index contributed by atoms with van der Waals surface area (Å²) >= 11 is 0. The summed E-state index contributed by atoms with van der Waals surface area (Å²) in [5.41, 5.74) is 3.72. The van der Waals surface area contributed by atoms with E-state index in [9.17, 15) is 13.2 Å². The molecule has 0 saturated carbocycles. The van der Waals surface area contributed by atoms with E-state index in [-0.39, 0.29) is 17.2 Å². The van der Waals surface area contributed by atoms with Gasteiger partial charge in [0.1, 0.15) is 0 Å². The van der Waals surface area contributed by atoms with E-state index in [1.54, 1.807) is 18.2 Å². The number of anilines is 1. The average molecular weight is 328 g/mol. The van der Waals surface area contributed by atoms with E-state index >= 15 is 0 Å². The van der Waals surface area contributed by atoms with Crippen molar-refractivity contribution in [3.8, 4) is 0 Å². The molecule has 0 aromatic heterocycles. The number of nitrogens with one attached hydrogen (secondary N) is 1. The SMILES string of the molecule is O=C1Cc2cc(S(=O)(=O)N3CCc4ccccc4C3)ccc2N1. The van der Waals surface area contributed by atoms with Crippen molar-refractivity contribution in [1.29, 1.82) is 0 Å². The minimum Gasteiger partial charge on any atom is -0.326 e. The number of benzene rings is 2. The Labute approximate surface area is 135 Å². The van der Waals surface area contributed by atoms with Crippen LogP contribution in [-0.2, 0) is 34.2 Å². The smallest absolute Gasteiger partial charge is 0.243 e. The zero-order valence-electron chi connectivity index (χ0n) is 12.5. The molecular weight excluding hydrogens is 312 g/mol. The third-order valence-corrected chi connectivity index (χ3v) is 6.28. The molecule has 1 amide bonds. The first-order valence-corrected chi connectivity index (χ1v) is 8.98. The molecule has 4 rings (SSSR count). The summed E-state index contributed by atoms with van der Waals surface area (Å²) < 4.78 is 27.3. The Bertz CT molecular complexity index is 906. The predicted octanol–water partition coefficient (Wildman–Crippen LogP) is 1.93. The Hall–Kier alpha value is -2.18. The second-order valence-corrected chi connectivity index (χ2v) is 7.84. The number of carbonyl (C=O) groups is 1. The van der Waals surface area contributed by atoms with E-state index in [2.05, 4.69) is 5.32 Å². The van der Waals surface area contributed by atoms with Crippen molar-refractivity contribution < 1.29 is 13.2 Å². The van der Waals surface area contributed by atoms with Crippen molar-refractivity contribution in [2.75, 3.05) is 11.9 Å². The van der Waals surface area contributed by atoms with Gasteiger partial charge in [0.15, 0.2) is 0 Å². The third-order valence-electron chi connectivity index (χ3n) is 4.44. The van der Waals surface area contributed by atoms with Crippen LogP contribution in [0.4, 0.5) is 5.69 Å². The van der Waals surface area contributed by atoms with Gasteiger partial charge in [0.2, 0.25) is 15.9 Å². The van der Waals surface area contributed by atoms with Gasteiger partial charge in [0.25, 0.3) is 0 Å². The molecule has 1 N–H and O–H groups in total. The molecule has 2 heterocycles. The van der Waals surface area contributed by atoms with Crippen LogP contribution in [0.5, 0.6) is 0 Å². The van der Waals surface area contributed by atoms with Crippen molar-refractivity contribution in [2.24, 2.45) is 0 Å². The predicted molar refractivity (Wildman–Crippen MR) is 86.5 cm³/mol. The molecule has 2 aromatic rings. The lowest BCUT2D eigenvalue weighted by Crippen LogP contribution is -2.35. The molecule has 0 unspecified atom stereocenters. The monoisotopic (exact) mass is 328 g/mol. The molecule has 0 fully saturated rings. The highest BCUT2D eigenvalue weighted by molar-refractivity contribution is 7.89. The number of amides is 1. The zero-order chi connectivity index (χ0) is 16.0. The second kappa shape index (κ2) is 5.18. The molecule has 0 spiro atoms. The molecule has 0 bridgehead atoms. The van der Waals surface area contributed by atoms with Gasteiger partial charge in [-0.2, -0.15) is 4.31 Å². The van der Waals surface area contributed by atoms with E-state index in [1.807, 2.05) is 24.3 Å². The first-order chi connectivity index (χ1) is 11.0. The van der Waals surface area contributed by atoms with Crippen LogP contribution in [0.25, 0.3) is 0 Å². The van der Waals surface area contributed by atoms with Crippen molar-refractivity contribution in [1.82, 2.24) is 4.31 Å². The number of hydrogen-bond donors (Lipinski definition) is 1. The molecule has 0 radical (unpaired) electrons. The lowest BCUT2D eigenvalue weighted by molar-refractivity contribution is -0.115. The number of rotatable bonds is 2. The maximum Gasteiger partial charge on any atom is 0.243 e. The quantitative estimate of drug-likeness (QED) is 0.916. The normalized spacial score (nSPS) is 17.5. The minimum atomic E-state index is -3.55. The fourth-order valence-corrected chi connectivity index (χ4v) is 4.66. The number of carbonyl (C=O) groups excluding carboxylic acids is 1. The number of nitrogens with zero attached hydrogens (tertiary/aromatic N) is 1. The van der Waals surface area contributed by atoms with Crippen LogP contribution in [0, 0.1) is 0 Å². The van der Waals surface area contributed by atoms with Gasteiger partial charge in [0, 0.05) is 18.8 Å². The van der Waals surface area contributed by atoms with E-state index < -0.39 is 10.0 Å². The maximum atomic E-state index is 12.9. The van der Waals surface area contributed by atoms with E-state index in [0.29, 0.717) is 18.8 Å². The molecule has 0 atom stereocenters. The van der Waals surface area contributed by atoms with Crippen LogP contribution in [0.15, 0.2) is 47.4 Å². The van der Waals surface area contributed by atoms with Crippen LogP contribution in [-0.4, -0.2) is 25.2 Å². The van der Waals surface area contributed by atoms with Gasteiger partial charge in [0.05, 0.1) is 11.3 Å². The molecule has 23 heavy (non-hydrogen) atoms. The standard InChI is InChI=1S/C17H16N2O3S/c20-17-10-14-9-15(5-6-16(14)18-17)23(21,22)19-8-7-12-3-1-2-4-13(12)11-19/h1-6,9H,7-8,10-11H2,(H,18,20). The number of sulfonamides is 1. The van der Waals surface area contributed by atoms with E-state index in [0.717, 1.165) is 17.5 Å². The first-order valence-electron chi connectivity index (χ1n) is 7.54. The van der Waals surface area contributed by atoms with Gasteiger partial charge in [-0.15, -0.1) is 0 Å². The van der Waals surface area contributed by atoms with E-state index in [1.165, 1.54) is 9.87 Å². The molecule has 2 aromatic carbocycles. The Morgan fingerprint density at radius 3 is 2.61 bits per heavy atom. The largest absolute Gasteiger partial charge is 0.326 e. The number of fused-ring (bicyclic) bond motifs is 2. The first kappa shape index (κ1) is 14.4. The third kappa shape index (κ3) is 2.44. The van der Waals surface area contributed by atoms with Crippen molar-refractivity contribution in [3.05, 3.63) is 59.2 Å². The van der Waals surface area contributed by atoms with Crippen LogP contribution >= 0.6 is 0 Å². The van der Waals surface area contributed by atoms with E-state index in [4.69, 9.17) is 0 Å². The summed E-state index contributed by atoms with van der Waals surface area (Å²) in [6.45, 7) is 0.875. The average Bonchev–Trinajstić information content (AvgIpc) is 2.93. The van der Waals surface area contributed by atoms with Gasteiger partial charge in [-0.3, -0.25) is 4.79 Å². The molecule has 2 aliphatic heterocycles. The summed E-state index contributed by atoms with van der Waals surface area (Å²) in [6.07, 6.45) is 0.960. The highest BCUT2D eigenvalue weighted by Crippen LogP contribution is 2.29. The Morgan fingerprint density at radius 1 is 1.00 bits per heavy atom. The summed E-state index contributed by atoms with van der Waals surface area (Å²) in [6, 6.07) is 12.8. The summed E-state index contributed by atoms with van der Waals surface area (Å²) in [5.74, 6) is -0.0959. The van der Waals surface area contributed by atoms with Gasteiger partial charge in [-0.1, -0.05) is 24.3 Å². The molecule has 5 nitrogen and oxygen atoms in total. The summed E-state index contributed by atoms with van der Waals surface area (Å²) in [5, 5.41) is 2.72. The minimum absolute atomic E-state index is 0.0959. The topological polar surface area (TPSA) is 66.5 Å². The zero-order valence-corrected chi connectivity index (χ0v) is 13.3. The molecular formula is C17H16N2O3S. The second-order valence-electron chi connectivity index (χ2n) is 5.90. The van der Waals surface area contributed by atoms with Crippen molar-refractivity contribution in [2.45, 2.75) is 24.3 Å². The fraction of sp³-hybridized carbons (Fsp3) is 0.235. The summed E-state index contributed by atoms with van der Waals surface area (Å²) in [4.78, 5) is 11.7. The molecule has 2 aliphatic rings. The molecule has 6 heteroatoms. The van der Waals surface area contributed by atoms with Gasteiger partial charge < -0.3 is 5.32 Å². The lowest BCUT2D eigenvalue weighted by atomic mass is 10.0. The molecule has 118 valence electrons. The van der Waals surface area contributed by atoms with Gasteiger partial charge in [-0.25, -0.2) is 8.42 Å². The fourth-order valence-electron chi connectivity index (χ4n) is 3.19. The Morgan fingerprint density at radius 2 is 1.78 bits per heavy atom. The molecule has 0 aliphatic carbocycles. The highest BCUT2D eigenvalue weighted by atomic mass is 32.2. The molecule has 0 saturated heterocycles. The maximum absolute atomic E-state index is 12.9. The van der Waals surface area contributed by atoms with Gasteiger partial charge in [-0.05, 0) is 41.3 Å². The van der Waals surface area contributed by atoms with Crippen molar-refractivity contribution >= 4 is 21.6 Å². The highest BCUT2D eigenvalue weighted by Gasteiger charge is 2.29. The Kier molecular flexibility index (Phi) is 3.25. The van der Waals surface area contributed by atoms with Crippen LogP contribution in [0.1, 0.15) is 16.7 Å².